The van der Waals surface area contributed by atoms with Gasteiger partial charge in [-0.25, -0.2) is 0 Å². The van der Waals surface area contributed by atoms with Crippen molar-refractivity contribution in [3.63, 3.8) is 0 Å². The lowest BCUT2D eigenvalue weighted by atomic mass is 10.1. The predicted molar refractivity (Wildman–Crippen MR) is 164 cm³/mol. The Balaban J connectivity index is 1.49. The first kappa shape index (κ1) is 29.3. The third-order valence-electron chi connectivity index (χ3n) is 5.53. The summed E-state index contributed by atoms with van der Waals surface area (Å²) in [6.45, 7) is 4.01. The van der Waals surface area contributed by atoms with Gasteiger partial charge in [-0.2, -0.15) is 0 Å². The highest BCUT2D eigenvalue weighted by Gasteiger charge is 2.36. The normalized spacial score (nSPS) is 14.2. The maximum absolute atomic E-state index is 13.0. The van der Waals surface area contributed by atoms with E-state index in [-0.39, 0.29) is 18.1 Å². The summed E-state index contributed by atoms with van der Waals surface area (Å²) in [4.78, 5) is 39.2. The summed E-state index contributed by atoms with van der Waals surface area (Å²) in [7, 11) is 0. The van der Waals surface area contributed by atoms with Crippen LogP contribution in [0, 0.1) is 10.5 Å². The number of ether oxygens (including phenoxy) is 2. The number of hydrogen-bond acceptors (Lipinski definition) is 6. The first-order valence-electron chi connectivity index (χ1n) is 11.8. The van der Waals surface area contributed by atoms with E-state index in [1.165, 1.54) is 0 Å². The van der Waals surface area contributed by atoms with Crippen molar-refractivity contribution >= 4 is 86.4 Å². The smallest absolute Gasteiger partial charge is 0.294 e. The molecule has 0 saturated carbocycles. The summed E-state index contributed by atoms with van der Waals surface area (Å²) in [5.74, 6) is 0.0199. The van der Waals surface area contributed by atoms with E-state index in [4.69, 9.17) is 32.7 Å². The van der Waals surface area contributed by atoms with Crippen molar-refractivity contribution in [2.75, 3.05) is 18.5 Å². The van der Waals surface area contributed by atoms with Gasteiger partial charge in [-0.05, 0) is 96.2 Å². The number of nitrogens with zero attached hydrogens (tertiary/aromatic N) is 1. The average Bonchev–Trinajstić information content (AvgIpc) is 3.13. The molecule has 1 saturated heterocycles. The van der Waals surface area contributed by atoms with Crippen molar-refractivity contribution in [2.24, 2.45) is 0 Å². The molecule has 39 heavy (non-hydrogen) atoms. The molecule has 3 aromatic rings. The van der Waals surface area contributed by atoms with Crippen LogP contribution in [0.25, 0.3) is 6.08 Å². The molecule has 1 heterocycles. The van der Waals surface area contributed by atoms with Crippen LogP contribution in [0.4, 0.5) is 10.5 Å². The zero-order valence-corrected chi connectivity index (χ0v) is 25.4. The third-order valence-corrected chi connectivity index (χ3v) is 7.82. The van der Waals surface area contributed by atoms with Gasteiger partial charge in [0.15, 0.2) is 11.5 Å². The summed E-state index contributed by atoms with van der Waals surface area (Å²) in [5, 5.41) is 3.23. The highest BCUT2D eigenvalue weighted by atomic mass is 127. The molecule has 0 radical (unpaired) electrons. The van der Waals surface area contributed by atoms with Crippen molar-refractivity contribution in [1.82, 2.24) is 4.90 Å². The quantitative estimate of drug-likeness (QED) is 0.184. The minimum atomic E-state index is -0.533. The molecular formula is C28H23Cl2IN2O5S. The topological polar surface area (TPSA) is 84.9 Å². The second-order valence-corrected chi connectivity index (χ2v) is 11.5. The van der Waals surface area contributed by atoms with Crippen LogP contribution in [0.3, 0.4) is 0 Å². The van der Waals surface area contributed by atoms with Gasteiger partial charge in [0.05, 0.1) is 15.1 Å². The van der Waals surface area contributed by atoms with Crippen LogP contribution in [-0.4, -0.2) is 35.1 Å². The van der Waals surface area contributed by atoms with E-state index in [0.717, 1.165) is 31.4 Å². The lowest BCUT2D eigenvalue weighted by Gasteiger charge is -2.15. The Labute approximate surface area is 254 Å². The van der Waals surface area contributed by atoms with Crippen molar-refractivity contribution in [3.8, 4) is 11.5 Å². The highest BCUT2D eigenvalue weighted by molar-refractivity contribution is 14.1. The Kier molecular flexibility index (Phi) is 9.81. The second kappa shape index (κ2) is 13.1. The molecule has 4 rings (SSSR count). The zero-order chi connectivity index (χ0) is 28.1. The predicted octanol–water partition coefficient (Wildman–Crippen LogP) is 7.56. The number of carbonyl (C=O) groups excluding carboxylic acids is 3. The first-order chi connectivity index (χ1) is 18.6. The fraction of sp³-hybridized carbons (Fsp3) is 0.179. The molecule has 1 fully saturated rings. The van der Waals surface area contributed by atoms with Crippen molar-refractivity contribution in [3.05, 3.63) is 89.8 Å². The number of anilines is 1. The molecule has 0 atom stereocenters. The molecule has 1 aliphatic rings. The molecular weight excluding hydrogens is 674 g/mol. The lowest BCUT2D eigenvalue weighted by Crippen LogP contribution is -2.36. The average molecular weight is 697 g/mol. The number of halogens is 3. The number of nitrogens with one attached hydrogen (secondary N) is 1. The minimum Gasteiger partial charge on any atom is -0.490 e. The van der Waals surface area contributed by atoms with Gasteiger partial charge in [-0.1, -0.05) is 47.0 Å². The molecule has 0 unspecified atom stereocenters. The minimum absolute atomic E-state index is 0.203. The van der Waals surface area contributed by atoms with Gasteiger partial charge in [0.25, 0.3) is 11.1 Å². The second-order valence-electron chi connectivity index (χ2n) is 8.47. The van der Waals surface area contributed by atoms with E-state index >= 15 is 0 Å². The summed E-state index contributed by atoms with van der Waals surface area (Å²) < 4.78 is 12.6. The number of aryl methyl sites for hydroxylation is 1. The van der Waals surface area contributed by atoms with E-state index < -0.39 is 17.1 Å². The maximum atomic E-state index is 13.0. The first-order valence-corrected chi connectivity index (χ1v) is 14.4. The van der Waals surface area contributed by atoms with Gasteiger partial charge in [0.1, 0.15) is 13.2 Å². The van der Waals surface area contributed by atoms with E-state index in [0.29, 0.717) is 39.4 Å². The van der Waals surface area contributed by atoms with Crippen LogP contribution in [-0.2, 0) is 16.2 Å². The maximum Gasteiger partial charge on any atom is 0.294 e. The highest BCUT2D eigenvalue weighted by Crippen LogP contribution is 2.38. The molecule has 11 heteroatoms. The van der Waals surface area contributed by atoms with Crippen molar-refractivity contribution < 1.29 is 23.9 Å². The van der Waals surface area contributed by atoms with E-state index in [2.05, 4.69) is 27.9 Å². The van der Waals surface area contributed by atoms with Gasteiger partial charge < -0.3 is 14.8 Å². The molecule has 7 nitrogen and oxygen atoms in total. The van der Waals surface area contributed by atoms with E-state index in [1.54, 1.807) is 42.5 Å². The number of benzene rings is 3. The number of rotatable bonds is 9. The summed E-state index contributed by atoms with van der Waals surface area (Å²) >= 11 is 15.2. The Bertz CT molecular complexity index is 1460. The summed E-state index contributed by atoms with van der Waals surface area (Å²) in [6, 6.07) is 16.0. The van der Waals surface area contributed by atoms with Gasteiger partial charge in [0.2, 0.25) is 5.91 Å². The van der Waals surface area contributed by atoms with E-state index in [1.807, 2.05) is 32.0 Å². The summed E-state index contributed by atoms with van der Waals surface area (Å²) in [6.07, 6.45) is 1.60. The molecule has 1 aliphatic heterocycles. The molecule has 0 aromatic heterocycles. The lowest BCUT2D eigenvalue weighted by molar-refractivity contribution is -0.127. The van der Waals surface area contributed by atoms with Crippen LogP contribution in [0.15, 0.2) is 59.5 Å². The van der Waals surface area contributed by atoms with Gasteiger partial charge >= 0.3 is 0 Å². The molecule has 3 amide bonds. The molecule has 3 aromatic carbocycles. The van der Waals surface area contributed by atoms with Crippen LogP contribution >= 0.6 is 57.6 Å². The van der Waals surface area contributed by atoms with Gasteiger partial charge in [-0.15, -0.1) is 0 Å². The molecule has 1 N–H and O–H groups in total. The molecule has 0 aliphatic carbocycles. The number of carbonyl (C=O) groups is 3. The Morgan fingerprint density at radius 1 is 1.08 bits per heavy atom. The van der Waals surface area contributed by atoms with Crippen LogP contribution in [0.1, 0.15) is 23.6 Å². The van der Waals surface area contributed by atoms with Crippen molar-refractivity contribution in [1.29, 1.82) is 0 Å². The number of thioether (sulfide) groups is 1. The molecule has 0 spiro atoms. The largest absolute Gasteiger partial charge is 0.490 e. The van der Waals surface area contributed by atoms with Crippen molar-refractivity contribution in [2.45, 2.75) is 20.5 Å². The molecule has 0 bridgehead atoms. The summed E-state index contributed by atoms with van der Waals surface area (Å²) in [5.41, 5.74) is 3.06. The number of hydrogen-bond donors (Lipinski definition) is 1. The standard InChI is InChI=1S/C28H23Cl2IN2O5S/c1-3-37-23-11-17(10-22(31)26(23)38-15-18-6-7-19(29)13-21(18)30)12-24-27(35)33(28(36)39-24)14-25(34)32-20-8-4-16(2)5-9-20/h4-13H,3,14-15H2,1-2H3,(H,32,34)/b24-12+. The SMILES string of the molecule is CCOc1cc(/C=C2/SC(=O)N(CC(=O)Nc3ccc(C)cc3)C2=O)cc(I)c1OCc1ccc(Cl)cc1Cl. The third kappa shape index (κ3) is 7.47. The van der Waals surface area contributed by atoms with Crippen LogP contribution < -0.4 is 14.8 Å². The van der Waals surface area contributed by atoms with E-state index in [9.17, 15) is 14.4 Å². The van der Waals surface area contributed by atoms with Crippen LogP contribution in [0.5, 0.6) is 11.5 Å². The number of amides is 3. The fourth-order valence-electron chi connectivity index (χ4n) is 3.63. The Morgan fingerprint density at radius 3 is 2.51 bits per heavy atom. The van der Waals surface area contributed by atoms with Gasteiger partial charge in [-0.3, -0.25) is 19.3 Å². The zero-order valence-electron chi connectivity index (χ0n) is 20.9. The molecule has 202 valence electrons. The fourth-order valence-corrected chi connectivity index (χ4v) is 5.71. The van der Waals surface area contributed by atoms with Crippen LogP contribution in [0.2, 0.25) is 10.0 Å². The Hall–Kier alpha value is -2.73. The number of imide groups is 1. The Morgan fingerprint density at radius 2 is 1.82 bits per heavy atom. The monoisotopic (exact) mass is 696 g/mol. The van der Waals surface area contributed by atoms with Gasteiger partial charge in [0, 0.05) is 21.3 Å².